The van der Waals surface area contributed by atoms with Gasteiger partial charge in [0, 0.05) is 29.6 Å². The fourth-order valence-corrected chi connectivity index (χ4v) is 10.4. The lowest BCUT2D eigenvalue weighted by Crippen LogP contribution is -2.69. The first-order chi connectivity index (χ1) is 25.8. The van der Waals surface area contributed by atoms with Crippen LogP contribution in [0.1, 0.15) is 98.3 Å². The Morgan fingerprint density at radius 3 is 2.53 bits per heavy atom. The molecule has 1 amide bonds. The van der Waals surface area contributed by atoms with Crippen LogP contribution in [0, 0.1) is 32.8 Å². The smallest absolute Gasteiger partial charge is 0.329 e. The van der Waals surface area contributed by atoms with E-state index in [9.17, 15) is 39.2 Å². The number of nitrogens with one attached hydrogen (secondary N) is 1. The Morgan fingerprint density at radius 2 is 1.82 bits per heavy atom. The van der Waals surface area contributed by atoms with Crippen molar-refractivity contribution in [3.63, 3.8) is 0 Å². The molecule has 1 aliphatic heterocycles. The average molecular weight is 891 g/mol. The van der Waals surface area contributed by atoms with Crippen LogP contribution in [0.3, 0.4) is 0 Å². The topological polar surface area (TPSA) is 207 Å². The summed E-state index contributed by atoms with van der Waals surface area (Å²) >= 11 is 2.19. The van der Waals surface area contributed by atoms with Crippen LogP contribution in [-0.4, -0.2) is 99.2 Å². The molecule has 3 fully saturated rings. The zero-order valence-electron chi connectivity index (χ0n) is 31.8. The van der Waals surface area contributed by atoms with Gasteiger partial charge in [0.2, 0.25) is 11.7 Å². The lowest BCUT2D eigenvalue weighted by Gasteiger charge is -2.62. The number of halogens is 2. The third-order valence-corrected chi connectivity index (χ3v) is 13.1. The summed E-state index contributed by atoms with van der Waals surface area (Å²) in [4.78, 5) is 80.4. The second kappa shape index (κ2) is 16.8. The molecule has 0 aromatic heterocycles. The number of aliphatic hydroxyl groups excluding tert-OH is 1. The number of aliphatic hydroxyl groups is 1. The van der Waals surface area contributed by atoms with Crippen LogP contribution in [0.15, 0.2) is 23.8 Å². The van der Waals surface area contributed by atoms with E-state index < -0.39 is 99.7 Å². The zero-order valence-corrected chi connectivity index (χ0v) is 33.9. The summed E-state index contributed by atoms with van der Waals surface area (Å²) in [5, 5.41) is 23.8. The first-order valence-electron chi connectivity index (χ1n) is 19.0. The van der Waals surface area contributed by atoms with E-state index in [2.05, 4.69) is 32.7 Å². The van der Waals surface area contributed by atoms with Crippen molar-refractivity contribution in [3.05, 3.63) is 33.9 Å². The van der Waals surface area contributed by atoms with Gasteiger partial charge in [-0.3, -0.25) is 19.2 Å². The summed E-state index contributed by atoms with van der Waals surface area (Å²) in [6, 6.07) is -1.40. The minimum Gasteiger partial charge on any atom is -0.464 e. The summed E-state index contributed by atoms with van der Waals surface area (Å²) in [5.74, 6) is -5.60. The maximum absolute atomic E-state index is 17.7. The van der Waals surface area contributed by atoms with Gasteiger partial charge < -0.3 is 34.2 Å². The summed E-state index contributed by atoms with van der Waals surface area (Å²) in [5.41, 5.74) is -5.61. The molecule has 5 aliphatic rings. The molecule has 5 rings (SSSR count). The largest absolute Gasteiger partial charge is 0.464 e. The number of hydrogen-bond donors (Lipinski definition) is 2. The molecule has 2 saturated carbocycles. The molecule has 9 atom stereocenters. The van der Waals surface area contributed by atoms with Crippen LogP contribution >= 0.6 is 22.6 Å². The van der Waals surface area contributed by atoms with Crippen molar-refractivity contribution in [1.82, 2.24) is 5.32 Å². The maximum atomic E-state index is 17.7. The number of allylic oxidation sites excluding steroid dienone is 4. The summed E-state index contributed by atoms with van der Waals surface area (Å²) < 4.78 is 42.2. The highest BCUT2D eigenvalue weighted by atomic mass is 127. The molecule has 306 valence electrons. The van der Waals surface area contributed by atoms with Gasteiger partial charge in [-0.15, -0.1) is 10.1 Å². The van der Waals surface area contributed by atoms with Crippen molar-refractivity contribution >= 4 is 52.0 Å². The number of fused-ring (bicyclic) bond motifs is 7. The van der Waals surface area contributed by atoms with Crippen LogP contribution in [0.2, 0.25) is 0 Å². The average Bonchev–Trinajstić information content (AvgIpc) is 3.52. The number of ether oxygens (including phenoxy) is 4. The van der Waals surface area contributed by atoms with E-state index >= 15 is 4.39 Å². The van der Waals surface area contributed by atoms with Gasteiger partial charge in [0.25, 0.3) is 5.09 Å². The van der Waals surface area contributed by atoms with Gasteiger partial charge in [0.15, 0.2) is 29.4 Å². The number of ketones is 2. The number of carbonyl (C=O) groups excluding carboxylic acids is 5. The molecule has 0 spiro atoms. The molecule has 1 unspecified atom stereocenters. The number of alkyl halides is 2. The van der Waals surface area contributed by atoms with E-state index in [1.807, 2.05) is 6.08 Å². The Morgan fingerprint density at radius 1 is 1.09 bits per heavy atom. The predicted octanol–water partition coefficient (Wildman–Crippen LogP) is 4.37. The molecule has 0 radical (unpaired) electrons. The van der Waals surface area contributed by atoms with E-state index in [4.69, 9.17) is 18.9 Å². The minimum atomic E-state index is -2.14. The molecular formula is C38H52FIN2O13. The highest BCUT2D eigenvalue weighted by molar-refractivity contribution is 14.1. The summed E-state index contributed by atoms with van der Waals surface area (Å²) in [6.07, 6.45) is 4.67. The first-order valence-corrected chi connectivity index (χ1v) is 20.5. The predicted molar refractivity (Wildman–Crippen MR) is 200 cm³/mol. The van der Waals surface area contributed by atoms with Crippen molar-refractivity contribution in [2.24, 2.45) is 22.7 Å². The Balaban J connectivity index is 1.29. The zero-order chi connectivity index (χ0) is 40.4. The van der Waals surface area contributed by atoms with Crippen molar-refractivity contribution < 1.29 is 62.3 Å². The molecule has 2 N–H and O–H groups in total. The number of Topliss-reactive ketones (excluding diaryl/α,β-unsaturated/α-hetero) is 1. The van der Waals surface area contributed by atoms with Crippen LogP contribution < -0.4 is 5.32 Å². The molecule has 15 nitrogen and oxygen atoms in total. The van der Waals surface area contributed by atoms with E-state index in [0.29, 0.717) is 31.3 Å². The van der Waals surface area contributed by atoms with E-state index in [0.717, 1.165) is 10.8 Å². The number of amides is 1. The molecule has 1 heterocycles. The third-order valence-electron chi connectivity index (χ3n) is 12.4. The molecule has 0 aromatic rings. The van der Waals surface area contributed by atoms with Gasteiger partial charge in [-0.05, 0) is 82.1 Å². The molecular weight excluding hydrogens is 838 g/mol. The molecule has 0 aromatic carbocycles. The lowest BCUT2D eigenvalue weighted by atomic mass is 9.45. The van der Waals surface area contributed by atoms with Crippen molar-refractivity contribution in [3.8, 4) is 0 Å². The number of esters is 2. The highest BCUT2D eigenvalue weighted by Crippen LogP contribution is 2.72. The van der Waals surface area contributed by atoms with E-state index in [1.54, 1.807) is 33.8 Å². The standard InChI is InChI=1S/C38H52FIN2O13/c1-34(2)54-30-19-26-25-12-11-23-18-24(43)13-14-35(23,3)37(25,39)28(44)21-36(26,4)38(30,55-34)29(45)22-52-32(47)20-27(33(48)51-16-9-7-15-40)41-31(46)10-6-5-8-17-53-42(49)50/h11,13-14,25-28,30,44H,5-10,12,15-22H2,1-4H3,(H,41,46)/t25-,26-,27?,28-,30+,35-,36-,37-,38+/m0/s1. The third kappa shape index (κ3) is 8.22. The molecule has 1 saturated heterocycles. The van der Waals surface area contributed by atoms with Crippen LogP contribution in [-0.2, 0) is 47.8 Å². The summed E-state index contributed by atoms with van der Waals surface area (Å²) in [6.45, 7) is 6.00. The Hall–Kier alpha value is -3.03. The van der Waals surface area contributed by atoms with Gasteiger partial charge in [-0.1, -0.05) is 53.7 Å². The molecule has 17 heteroatoms. The SMILES string of the molecule is CC1(C)O[C@@H]2C[C@H]3[C@@H]4CC=C5CC(=O)C=C[C@]5(C)[C@@]4(F)[C@@H](O)C[C@]3(C)[C@]2(C(=O)COC(=O)CC(NC(=O)CCCCCO[N+](=O)[O-])C(=O)OCCCCI)O1. The molecule has 4 aliphatic carbocycles. The van der Waals surface area contributed by atoms with Crippen molar-refractivity contribution in [2.75, 3.05) is 24.2 Å². The van der Waals surface area contributed by atoms with Crippen LogP contribution in [0.4, 0.5) is 4.39 Å². The normalized spacial score (nSPS) is 34.6. The van der Waals surface area contributed by atoms with Gasteiger partial charge in [-0.2, -0.15) is 0 Å². The Bertz CT molecular complexity index is 1600. The number of hydrogen-bond acceptors (Lipinski definition) is 13. The van der Waals surface area contributed by atoms with Gasteiger partial charge in [0.1, 0.15) is 6.04 Å². The highest BCUT2D eigenvalue weighted by Gasteiger charge is 2.80. The second-order valence-corrected chi connectivity index (χ2v) is 17.3. The molecule has 0 bridgehead atoms. The Kier molecular flexibility index (Phi) is 13.2. The van der Waals surface area contributed by atoms with Crippen molar-refractivity contribution in [1.29, 1.82) is 0 Å². The van der Waals surface area contributed by atoms with Crippen LogP contribution in [0.25, 0.3) is 0 Å². The monoisotopic (exact) mass is 890 g/mol. The Labute approximate surface area is 333 Å². The fraction of sp³-hybridized carbons (Fsp3) is 0.763. The number of nitrogens with zero attached hydrogens (tertiary/aromatic N) is 1. The van der Waals surface area contributed by atoms with E-state index in [1.165, 1.54) is 6.08 Å². The minimum absolute atomic E-state index is 0.0287. The van der Waals surface area contributed by atoms with Gasteiger partial charge in [0.05, 0.1) is 31.8 Å². The molecule has 55 heavy (non-hydrogen) atoms. The van der Waals surface area contributed by atoms with Crippen molar-refractivity contribution in [2.45, 2.75) is 134 Å². The fourth-order valence-electron chi connectivity index (χ4n) is 9.83. The van der Waals surface area contributed by atoms with Crippen LogP contribution in [0.5, 0.6) is 0 Å². The number of unbranched alkanes of at least 4 members (excludes halogenated alkanes) is 3. The van der Waals surface area contributed by atoms with E-state index in [-0.39, 0.29) is 51.1 Å². The summed E-state index contributed by atoms with van der Waals surface area (Å²) in [7, 11) is 0. The second-order valence-electron chi connectivity index (χ2n) is 16.2. The number of rotatable bonds is 18. The van der Waals surface area contributed by atoms with Gasteiger partial charge >= 0.3 is 11.9 Å². The maximum Gasteiger partial charge on any atom is 0.329 e. The quantitative estimate of drug-likeness (QED) is 0.0374. The first kappa shape index (κ1) is 43.1. The lowest BCUT2D eigenvalue weighted by molar-refractivity contribution is -0.757. The number of carbonyl (C=O) groups is 5. The van der Waals surface area contributed by atoms with Gasteiger partial charge in [-0.25, -0.2) is 9.18 Å².